The molecule has 3 rings (SSSR count). The standard InChI is InChI=1S/C15H15B/c1-10-14-9-11-5-3-4-6-12(11)13(14)7-8-15(10,2)16/h3-9H,16H2,1-2H3. The molecule has 0 heterocycles. The van der Waals surface area contributed by atoms with Gasteiger partial charge in [-0.15, -0.1) is 0 Å². The molecule has 0 fully saturated rings. The van der Waals surface area contributed by atoms with Crippen molar-refractivity contribution >= 4 is 19.5 Å². The third-order valence-electron chi connectivity index (χ3n) is 3.88. The molecule has 0 aromatic heterocycles. The Kier molecular flexibility index (Phi) is 1.82. The maximum Gasteiger partial charge on any atom is 0.119 e. The smallest absolute Gasteiger partial charge is 0.0820 e. The molecule has 0 nitrogen and oxygen atoms in total. The third-order valence-corrected chi connectivity index (χ3v) is 3.88. The Hall–Kier alpha value is -1.50. The van der Waals surface area contributed by atoms with E-state index in [1.807, 2.05) is 0 Å². The molecule has 0 N–H and O–H groups in total. The zero-order valence-electron chi connectivity index (χ0n) is 10.0. The molecule has 0 saturated heterocycles. The minimum absolute atomic E-state index is 0.192. The van der Waals surface area contributed by atoms with Crippen LogP contribution in [-0.2, 0) is 0 Å². The van der Waals surface area contributed by atoms with Crippen LogP contribution in [0.15, 0.2) is 47.6 Å². The second-order valence-electron chi connectivity index (χ2n) is 5.24. The molecule has 78 valence electrons. The van der Waals surface area contributed by atoms with Crippen molar-refractivity contribution in [3.63, 3.8) is 0 Å². The van der Waals surface area contributed by atoms with Crippen LogP contribution in [0.2, 0.25) is 5.31 Å². The minimum atomic E-state index is 0.192. The van der Waals surface area contributed by atoms with Crippen LogP contribution < -0.4 is 10.4 Å². The Morgan fingerprint density at radius 1 is 1.12 bits per heavy atom. The number of allylic oxidation sites excluding steroid dienone is 4. The highest BCUT2D eigenvalue weighted by Crippen LogP contribution is 2.42. The fourth-order valence-electron chi connectivity index (χ4n) is 2.50. The van der Waals surface area contributed by atoms with E-state index >= 15 is 0 Å². The van der Waals surface area contributed by atoms with E-state index in [1.54, 1.807) is 0 Å². The van der Waals surface area contributed by atoms with Gasteiger partial charge >= 0.3 is 0 Å². The summed E-state index contributed by atoms with van der Waals surface area (Å²) in [4.78, 5) is 0. The molecule has 1 aromatic rings. The topological polar surface area (TPSA) is 0 Å². The molecular weight excluding hydrogens is 191 g/mol. The van der Waals surface area contributed by atoms with E-state index in [1.165, 1.54) is 27.2 Å². The number of hydrogen-bond donors (Lipinski definition) is 0. The van der Waals surface area contributed by atoms with Gasteiger partial charge in [-0.2, -0.15) is 0 Å². The van der Waals surface area contributed by atoms with Crippen LogP contribution in [0, 0.1) is 0 Å². The van der Waals surface area contributed by atoms with Crippen LogP contribution in [0.25, 0.3) is 11.6 Å². The zero-order valence-corrected chi connectivity index (χ0v) is 10.0. The first-order valence-electron chi connectivity index (χ1n) is 5.82. The molecule has 0 saturated carbocycles. The molecule has 16 heavy (non-hydrogen) atoms. The van der Waals surface area contributed by atoms with Gasteiger partial charge in [-0.25, -0.2) is 0 Å². The summed E-state index contributed by atoms with van der Waals surface area (Å²) in [5.41, 5.74) is 4.29. The highest BCUT2D eigenvalue weighted by atomic mass is 14.3. The van der Waals surface area contributed by atoms with E-state index in [-0.39, 0.29) is 5.31 Å². The summed E-state index contributed by atoms with van der Waals surface area (Å²) in [6, 6.07) is 8.63. The van der Waals surface area contributed by atoms with Gasteiger partial charge in [0, 0.05) is 0 Å². The monoisotopic (exact) mass is 206 g/mol. The lowest BCUT2D eigenvalue weighted by molar-refractivity contribution is 0.878. The summed E-state index contributed by atoms with van der Waals surface area (Å²) in [6.45, 7) is 4.53. The molecule has 1 aromatic carbocycles. The lowest BCUT2D eigenvalue weighted by atomic mass is 9.62. The highest BCUT2D eigenvalue weighted by Gasteiger charge is 2.25. The summed E-state index contributed by atoms with van der Waals surface area (Å²) in [7, 11) is 2.28. The van der Waals surface area contributed by atoms with E-state index in [9.17, 15) is 0 Å². The predicted molar refractivity (Wildman–Crippen MR) is 72.3 cm³/mol. The Morgan fingerprint density at radius 2 is 1.88 bits per heavy atom. The summed E-state index contributed by atoms with van der Waals surface area (Å²) in [6.07, 6.45) is 6.92. The van der Waals surface area contributed by atoms with Crippen LogP contribution in [0.5, 0.6) is 0 Å². The van der Waals surface area contributed by atoms with Crippen LogP contribution in [0.3, 0.4) is 0 Å². The summed E-state index contributed by atoms with van der Waals surface area (Å²) < 4.78 is 0. The average molecular weight is 206 g/mol. The van der Waals surface area contributed by atoms with Crippen molar-refractivity contribution in [2.24, 2.45) is 0 Å². The third kappa shape index (κ3) is 1.18. The van der Waals surface area contributed by atoms with Gasteiger partial charge < -0.3 is 0 Å². The van der Waals surface area contributed by atoms with Gasteiger partial charge in [0.15, 0.2) is 0 Å². The van der Waals surface area contributed by atoms with Crippen LogP contribution >= 0.6 is 0 Å². The van der Waals surface area contributed by atoms with Gasteiger partial charge in [0.25, 0.3) is 0 Å². The average Bonchev–Trinajstić information content (AvgIpc) is 2.63. The summed E-state index contributed by atoms with van der Waals surface area (Å²) in [5, 5.41) is 2.93. The Bertz CT molecular complexity index is 642. The lowest BCUT2D eigenvalue weighted by Crippen LogP contribution is -2.21. The zero-order chi connectivity index (χ0) is 11.3. The van der Waals surface area contributed by atoms with Gasteiger partial charge in [-0.3, -0.25) is 0 Å². The van der Waals surface area contributed by atoms with Crippen LogP contribution in [0.1, 0.15) is 13.8 Å². The highest BCUT2D eigenvalue weighted by molar-refractivity contribution is 6.20. The molecular formula is C15H15B. The molecule has 1 heteroatoms. The van der Waals surface area contributed by atoms with Crippen molar-refractivity contribution in [2.75, 3.05) is 0 Å². The predicted octanol–water partition coefficient (Wildman–Crippen LogP) is 1.33. The second kappa shape index (κ2) is 3.01. The van der Waals surface area contributed by atoms with Crippen LogP contribution in [0.4, 0.5) is 0 Å². The molecule has 2 aliphatic carbocycles. The van der Waals surface area contributed by atoms with Gasteiger partial charge in [-0.05, 0) is 39.9 Å². The van der Waals surface area contributed by atoms with E-state index < -0.39 is 0 Å². The van der Waals surface area contributed by atoms with Crippen molar-refractivity contribution in [1.29, 1.82) is 0 Å². The van der Waals surface area contributed by atoms with Crippen molar-refractivity contribution in [3.05, 3.63) is 58.0 Å². The second-order valence-corrected chi connectivity index (χ2v) is 5.24. The molecule has 0 amide bonds. The molecule has 2 aliphatic rings. The number of fused-ring (bicyclic) bond motifs is 2. The number of benzene rings is 1. The number of hydrogen-bond acceptors (Lipinski definition) is 0. The SMILES string of the molecule is BC1(C)C=CC2=c3ccccc3=CC2=C1C. The largest absolute Gasteiger partial charge is 0.119 e. The maximum atomic E-state index is 2.32. The fourth-order valence-corrected chi connectivity index (χ4v) is 2.50. The Labute approximate surface area is 97.1 Å². The quantitative estimate of drug-likeness (QED) is 0.562. The molecule has 0 bridgehead atoms. The summed E-state index contributed by atoms with van der Waals surface area (Å²) >= 11 is 0. The van der Waals surface area contributed by atoms with Crippen molar-refractivity contribution in [1.82, 2.24) is 0 Å². The van der Waals surface area contributed by atoms with Gasteiger partial charge in [0.1, 0.15) is 7.85 Å². The first-order valence-corrected chi connectivity index (χ1v) is 5.82. The van der Waals surface area contributed by atoms with Crippen molar-refractivity contribution in [2.45, 2.75) is 19.2 Å². The van der Waals surface area contributed by atoms with E-state index in [2.05, 4.69) is 64.2 Å². The molecule has 1 atom stereocenters. The van der Waals surface area contributed by atoms with Crippen molar-refractivity contribution in [3.8, 4) is 0 Å². The minimum Gasteiger partial charge on any atom is -0.0820 e. The normalized spacial score (nSPS) is 26.5. The fraction of sp³-hybridized carbons (Fsp3) is 0.200. The summed E-state index contributed by atoms with van der Waals surface area (Å²) in [5.74, 6) is 0. The lowest BCUT2D eigenvalue weighted by Gasteiger charge is -2.28. The van der Waals surface area contributed by atoms with E-state index in [0.717, 1.165) is 0 Å². The van der Waals surface area contributed by atoms with Gasteiger partial charge in [-0.1, -0.05) is 48.9 Å². The maximum absolute atomic E-state index is 2.32. The van der Waals surface area contributed by atoms with E-state index in [4.69, 9.17) is 0 Å². The Morgan fingerprint density at radius 3 is 2.69 bits per heavy atom. The van der Waals surface area contributed by atoms with Crippen molar-refractivity contribution < 1.29 is 0 Å². The van der Waals surface area contributed by atoms with Gasteiger partial charge in [0.05, 0.1) is 0 Å². The first kappa shape index (κ1) is 9.71. The number of rotatable bonds is 0. The Balaban J connectivity index is 2.42. The van der Waals surface area contributed by atoms with E-state index in [0.29, 0.717) is 0 Å². The molecule has 0 aliphatic heterocycles. The van der Waals surface area contributed by atoms with Crippen LogP contribution in [-0.4, -0.2) is 7.85 Å². The molecule has 0 spiro atoms. The van der Waals surface area contributed by atoms with Gasteiger partial charge in [0.2, 0.25) is 0 Å². The molecule has 1 unspecified atom stereocenters. The molecule has 0 radical (unpaired) electrons. The first-order chi connectivity index (χ1) is 7.59.